The molecule has 0 atom stereocenters. The Morgan fingerprint density at radius 2 is 1.25 bits per heavy atom. The lowest BCUT2D eigenvalue weighted by molar-refractivity contribution is 0.259. The van der Waals surface area contributed by atoms with Gasteiger partial charge in [0.15, 0.2) is 0 Å². The number of carbonyl (C=O) groups excluding carboxylic acids is 1. The zero-order valence-corrected chi connectivity index (χ0v) is 13.3. The van der Waals surface area contributed by atoms with Crippen LogP contribution in [0.15, 0.2) is 60.7 Å². The molecule has 0 saturated carbocycles. The van der Waals surface area contributed by atoms with Crippen molar-refractivity contribution < 1.29 is 4.79 Å². The molecule has 2 rings (SSSR count). The second kappa shape index (κ2) is 8.29. The van der Waals surface area contributed by atoms with E-state index in [1.807, 2.05) is 36.4 Å². The maximum Gasteiger partial charge on any atom is 0.298 e. The predicted molar refractivity (Wildman–Crippen MR) is 91.7 cm³/mol. The maximum absolute atomic E-state index is 11.5. The SMILES string of the molecule is O=C(S)N(SCc1ccccc1)SCc1ccccc1. The maximum atomic E-state index is 11.5. The van der Waals surface area contributed by atoms with Crippen molar-refractivity contribution in [1.29, 1.82) is 0 Å². The van der Waals surface area contributed by atoms with E-state index in [1.54, 1.807) is 3.71 Å². The highest BCUT2D eigenvalue weighted by molar-refractivity contribution is 8.14. The largest absolute Gasteiger partial charge is 0.298 e. The zero-order chi connectivity index (χ0) is 14.2. The topological polar surface area (TPSA) is 20.3 Å². The third kappa shape index (κ3) is 5.15. The fourth-order valence-corrected chi connectivity index (χ4v) is 3.66. The minimum Gasteiger partial charge on any atom is -0.260 e. The van der Waals surface area contributed by atoms with Gasteiger partial charge in [-0.25, -0.2) is 3.71 Å². The quantitative estimate of drug-likeness (QED) is 0.595. The molecular formula is C15H15NOS3. The van der Waals surface area contributed by atoms with E-state index in [-0.39, 0.29) is 5.24 Å². The molecule has 0 aromatic heterocycles. The number of rotatable bonds is 6. The molecule has 0 radical (unpaired) electrons. The average molecular weight is 321 g/mol. The molecule has 2 aromatic rings. The molecule has 0 spiro atoms. The fourth-order valence-electron chi connectivity index (χ4n) is 1.56. The van der Waals surface area contributed by atoms with Crippen molar-refractivity contribution >= 4 is 41.8 Å². The van der Waals surface area contributed by atoms with Crippen LogP contribution in [0.2, 0.25) is 0 Å². The van der Waals surface area contributed by atoms with Crippen LogP contribution in [0.5, 0.6) is 0 Å². The van der Waals surface area contributed by atoms with E-state index in [0.717, 1.165) is 11.5 Å². The number of hydrogen-bond donors (Lipinski definition) is 1. The Labute approximate surface area is 133 Å². The summed E-state index contributed by atoms with van der Waals surface area (Å²) >= 11 is 6.88. The first kappa shape index (κ1) is 15.4. The van der Waals surface area contributed by atoms with Crippen LogP contribution < -0.4 is 0 Å². The van der Waals surface area contributed by atoms with Crippen molar-refractivity contribution in [2.75, 3.05) is 0 Å². The third-order valence-corrected chi connectivity index (χ3v) is 5.37. The van der Waals surface area contributed by atoms with Crippen LogP contribution in [0.25, 0.3) is 0 Å². The summed E-state index contributed by atoms with van der Waals surface area (Å²) in [6, 6.07) is 20.2. The number of benzene rings is 2. The normalized spacial score (nSPS) is 10.2. The minimum atomic E-state index is -0.230. The van der Waals surface area contributed by atoms with Gasteiger partial charge in [-0.2, -0.15) is 0 Å². The molecule has 0 unspecified atom stereocenters. The molecule has 0 aliphatic rings. The summed E-state index contributed by atoms with van der Waals surface area (Å²) in [5.74, 6) is 1.52. The summed E-state index contributed by atoms with van der Waals surface area (Å²) in [5.41, 5.74) is 2.38. The Morgan fingerprint density at radius 1 is 0.850 bits per heavy atom. The molecule has 0 aliphatic heterocycles. The fraction of sp³-hybridized carbons (Fsp3) is 0.133. The van der Waals surface area contributed by atoms with Crippen molar-refractivity contribution in [2.24, 2.45) is 0 Å². The minimum absolute atomic E-state index is 0.230. The van der Waals surface area contributed by atoms with Gasteiger partial charge < -0.3 is 0 Å². The Balaban J connectivity index is 1.86. The number of carbonyl (C=O) groups is 1. The predicted octanol–water partition coefficient (Wildman–Crippen LogP) is 5.04. The molecule has 0 fully saturated rings. The van der Waals surface area contributed by atoms with Gasteiger partial charge in [-0.05, 0) is 35.0 Å². The van der Waals surface area contributed by atoms with E-state index in [1.165, 1.54) is 35.0 Å². The molecule has 5 heteroatoms. The first-order valence-electron chi connectivity index (χ1n) is 6.12. The molecule has 2 aromatic carbocycles. The van der Waals surface area contributed by atoms with Gasteiger partial charge in [0.25, 0.3) is 5.24 Å². The van der Waals surface area contributed by atoms with E-state index in [4.69, 9.17) is 0 Å². The van der Waals surface area contributed by atoms with Gasteiger partial charge in [0.2, 0.25) is 0 Å². The van der Waals surface area contributed by atoms with Gasteiger partial charge in [-0.15, -0.1) is 0 Å². The highest BCUT2D eigenvalue weighted by Gasteiger charge is 2.11. The van der Waals surface area contributed by atoms with Crippen LogP contribution in [0, 0.1) is 0 Å². The van der Waals surface area contributed by atoms with Crippen molar-refractivity contribution in [3.05, 3.63) is 71.8 Å². The van der Waals surface area contributed by atoms with Gasteiger partial charge in [-0.1, -0.05) is 73.3 Å². The average Bonchev–Trinajstić information content (AvgIpc) is 2.49. The summed E-state index contributed by atoms with van der Waals surface area (Å²) in [6.45, 7) is 0. The van der Waals surface area contributed by atoms with Crippen LogP contribution in [-0.4, -0.2) is 8.95 Å². The molecule has 1 amide bonds. The van der Waals surface area contributed by atoms with E-state index in [0.29, 0.717) is 0 Å². The van der Waals surface area contributed by atoms with Crippen LogP contribution in [0.1, 0.15) is 11.1 Å². The van der Waals surface area contributed by atoms with Crippen LogP contribution in [-0.2, 0) is 11.5 Å². The van der Waals surface area contributed by atoms with Gasteiger partial charge in [0.05, 0.1) is 0 Å². The van der Waals surface area contributed by atoms with E-state index >= 15 is 0 Å². The van der Waals surface area contributed by atoms with Crippen molar-refractivity contribution in [2.45, 2.75) is 11.5 Å². The number of amides is 1. The molecule has 20 heavy (non-hydrogen) atoms. The summed E-state index contributed by atoms with van der Waals surface area (Å²) in [6.07, 6.45) is 0. The van der Waals surface area contributed by atoms with Crippen molar-refractivity contribution in [3.63, 3.8) is 0 Å². The molecule has 0 bridgehead atoms. The zero-order valence-electron chi connectivity index (χ0n) is 10.8. The number of nitrogens with zero attached hydrogens (tertiary/aromatic N) is 1. The Kier molecular flexibility index (Phi) is 6.36. The van der Waals surface area contributed by atoms with Gasteiger partial charge in [0, 0.05) is 11.5 Å². The lowest BCUT2D eigenvalue weighted by Gasteiger charge is -2.17. The smallest absolute Gasteiger partial charge is 0.260 e. The van der Waals surface area contributed by atoms with Crippen molar-refractivity contribution in [1.82, 2.24) is 3.71 Å². The van der Waals surface area contributed by atoms with Gasteiger partial charge >= 0.3 is 0 Å². The first-order chi connectivity index (χ1) is 9.75. The standard InChI is InChI=1S/C15H15NOS3/c17-15(18)16(19-11-13-7-3-1-4-8-13)20-12-14-9-5-2-6-10-14/h1-10H,11-12H2,(H,17,18). The highest BCUT2D eigenvalue weighted by Crippen LogP contribution is 2.29. The first-order valence-corrected chi connectivity index (χ1v) is 8.45. The Morgan fingerprint density at radius 3 is 1.60 bits per heavy atom. The summed E-state index contributed by atoms with van der Waals surface area (Å²) in [5, 5.41) is -0.230. The molecule has 0 N–H and O–H groups in total. The third-order valence-electron chi connectivity index (χ3n) is 2.54. The second-order valence-electron chi connectivity index (χ2n) is 4.06. The monoisotopic (exact) mass is 321 g/mol. The summed E-state index contributed by atoms with van der Waals surface area (Å²) in [4.78, 5) is 11.5. The highest BCUT2D eigenvalue weighted by atomic mass is 32.2. The molecule has 0 aliphatic carbocycles. The second-order valence-corrected chi connectivity index (χ2v) is 6.50. The van der Waals surface area contributed by atoms with Crippen LogP contribution >= 0.6 is 36.5 Å². The number of thiol groups is 1. The summed E-state index contributed by atoms with van der Waals surface area (Å²) < 4.78 is 1.63. The van der Waals surface area contributed by atoms with E-state index in [2.05, 4.69) is 36.9 Å². The Bertz CT molecular complexity index is 490. The lowest BCUT2D eigenvalue weighted by atomic mass is 10.2. The Hall–Kier alpha value is -1.04. The molecule has 104 valence electrons. The lowest BCUT2D eigenvalue weighted by Crippen LogP contribution is -2.10. The van der Waals surface area contributed by atoms with Gasteiger partial charge in [-0.3, -0.25) is 4.79 Å². The molecule has 0 saturated heterocycles. The molecular weight excluding hydrogens is 306 g/mol. The molecule has 0 heterocycles. The van der Waals surface area contributed by atoms with E-state index < -0.39 is 0 Å². The molecule has 2 nitrogen and oxygen atoms in total. The summed E-state index contributed by atoms with van der Waals surface area (Å²) in [7, 11) is 0. The van der Waals surface area contributed by atoms with E-state index in [9.17, 15) is 4.79 Å². The van der Waals surface area contributed by atoms with Crippen LogP contribution in [0.4, 0.5) is 4.79 Å². The van der Waals surface area contributed by atoms with Crippen molar-refractivity contribution in [3.8, 4) is 0 Å². The van der Waals surface area contributed by atoms with Crippen LogP contribution in [0.3, 0.4) is 0 Å². The number of hydrogen-bond acceptors (Lipinski definition) is 3. The van der Waals surface area contributed by atoms with Gasteiger partial charge in [0.1, 0.15) is 0 Å².